The third-order valence-corrected chi connectivity index (χ3v) is 9.42. The summed E-state index contributed by atoms with van der Waals surface area (Å²) in [5, 5.41) is 31.6. The number of hydrogen-bond donors (Lipinski definition) is 3. The number of esters is 1. The first kappa shape index (κ1) is 24.1. The normalized spacial score (nSPS) is 41.9. The monoisotopic (exact) mass is 462 g/mol. The van der Waals surface area contributed by atoms with E-state index in [-0.39, 0.29) is 54.6 Å². The van der Waals surface area contributed by atoms with Gasteiger partial charge in [0, 0.05) is 11.8 Å². The zero-order chi connectivity index (χ0) is 24.2. The molecular formula is C25H34O8. The number of aliphatic hydroxyl groups is 2. The maximum atomic E-state index is 13.1. The molecule has 0 aromatic carbocycles. The number of aliphatic hydroxyl groups excluding tert-OH is 1. The van der Waals surface area contributed by atoms with Gasteiger partial charge in [0.05, 0.1) is 18.9 Å². The molecule has 0 bridgehead atoms. The molecule has 0 aliphatic heterocycles. The lowest BCUT2D eigenvalue weighted by molar-refractivity contribution is -0.184. The maximum absolute atomic E-state index is 13.1. The highest BCUT2D eigenvalue weighted by Crippen LogP contribution is 2.67. The lowest BCUT2D eigenvalue weighted by Crippen LogP contribution is -2.62. The Morgan fingerprint density at radius 3 is 2.55 bits per heavy atom. The molecule has 0 saturated heterocycles. The van der Waals surface area contributed by atoms with Crippen LogP contribution >= 0.6 is 0 Å². The molecular weight excluding hydrogens is 428 g/mol. The molecule has 182 valence electrons. The minimum Gasteiger partial charge on any atom is -0.481 e. The van der Waals surface area contributed by atoms with E-state index in [0.717, 1.165) is 24.8 Å². The molecule has 0 spiro atoms. The Morgan fingerprint density at radius 2 is 1.85 bits per heavy atom. The smallest absolute Gasteiger partial charge is 0.306 e. The zero-order valence-electron chi connectivity index (χ0n) is 19.3. The SMILES string of the molecule is C[C@]12CCC(=O)C=C1CCC1[C@@H]2[C@@H](O)C[C@@]2(C)[C@H]1CC[C@]2(O)C(=O)COC(=O)CCC(=O)O. The number of carboxylic acid groups (broad SMARTS) is 1. The number of fused-ring (bicyclic) bond motifs is 5. The quantitative estimate of drug-likeness (QED) is 0.511. The molecule has 0 aromatic rings. The molecule has 1 unspecified atom stereocenters. The van der Waals surface area contributed by atoms with Crippen LogP contribution in [0.4, 0.5) is 0 Å². The summed E-state index contributed by atoms with van der Waals surface area (Å²) in [6.07, 6.45) is 4.30. The van der Waals surface area contributed by atoms with E-state index in [1.807, 2.05) is 6.92 Å². The Kier molecular flexibility index (Phi) is 6.06. The highest BCUT2D eigenvalue weighted by atomic mass is 16.5. The highest BCUT2D eigenvalue weighted by Gasteiger charge is 2.68. The standard InChI is InChI=1S/C25H34O8/c1-23-9-7-15(26)11-14(23)3-4-16-17-8-10-25(32,24(17,2)12-18(27)22(16)23)19(28)13-33-21(31)6-5-20(29)30/h11,16-18,22,27,32H,3-10,12-13H2,1-2H3,(H,29,30)/t16?,17-,18-,22+,23-,24-,25-/m0/s1. The van der Waals surface area contributed by atoms with Gasteiger partial charge in [-0.1, -0.05) is 19.4 Å². The summed E-state index contributed by atoms with van der Waals surface area (Å²) in [4.78, 5) is 47.5. The maximum Gasteiger partial charge on any atom is 0.306 e. The van der Waals surface area contributed by atoms with Crippen molar-refractivity contribution in [1.29, 1.82) is 0 Å². The van der Waals surface area contributed by atoms with Gasteiger partial charge >= 0.3 is 11.9 Å². The number of carbonyl (C=O) groups excluding carboxylic acids is 3. The van der Waals surface area contributed by atoms with Crippen molar-refractivity contribution in [2.24, 2.45) is 28.6 Å². The van der Waals surface area contributed by atoms with Crippen LogP contribution in [-0.4, -0.2) is 57.1 Å². The second-order valence-electron chi connectivity index (χ2n) is 11.0. The third kappa shape index (κ3) is 3.75. The summed E-state index contributed by atoms with van der Waals surface area (Å²) in [7, 11) is 0. The summed E-state index contributed by atoms with van der Waals surface area (Å²) in [6, 6.07) is 0. The van der Waals surface area contributed by atoms with E-state index in [9.17, 15) is 29.4 Å². The number of carboxylic acids is 1. The Bertz CT molecular complexity index is 908. The van der Waals surface area contributed by atoms with Gasteiger partial charge in [-0.05, 0) is 67.8 Å². The van der Waals surface area contributed by atoms with E-state index >= 15 is 0 Å². The van der Waals surface area contributed by atoms with Crippen molar-refractivity contribution < 1.29 is 39.2 Å². The van der Waals surface area contributed by atoms with Gasteiger partial charge in [-0.15, -0.1) is 0 Å². The van der Waals surface area contributed by atoms with E-state index in [4.69, 9.17) is 9.84 Å². The van der Waals surface area contributed by atoms with Crippen LogP contribution in [0.5, 0.6) is 0 Å². The number of ether oxygens (including phenoxy) is 1. The molecule has 4 rings (SSSR count). The average molecular weight is 463 g/mol. The van der Waals surface area contributed by atoms with Gasteiger partial charge < -0.3 is 20.1 Å². The van der Waals surface area contributed by atoms with Crippen LogP contribution in [-0.2, 0) is 23.9 Å². The number of hydrogen-bond acceptors (Lipinski definition) is 7. The zero-order valence-corrected chi connectivity index (χ0v) is 19.3. The van der Waals surface area contributed by atoms with Crippen LogP contribution < -0.4 is 0 Å². The number of aliphatic carboxylic acids is 1. The number of ketones is 2. The number of allylic oxidation sites excluding steroid dienone is 1. The van der Waals surface area contributed by atoms with Gasteiger partial charge in [0.25, 0.3) is 0 Å². The van der Waals surface area contributed by atoms with Gasteiger partial charge in [-0.2, -0.15) is 0 Å². The minimum absolute atomic E-state index is 0.0185. The van der Waals surface area contributed by atoms with Gasteiger partial charge in [-0.3, -0.25) is 19.2 Å². The first-order valence-electron chi connectivity index (χ1n) is 12.0. The van der Waals surface area contributed by atoms with E-state index in [0.29, 0.717) is 12.8 Å². The first-order chi connectivity index (χ1) is 15.4. The molecule has 3 N–H and O–H groups in total. The van der Waals surface area contributed by atoms with E-state index in [2.05, 4.69) is 6.92 Å². The molecule has 0 radical (unpaired) electrons. The minimum atomic E-state index is -1.71. The van der Waals surface area contributed by atoms with Gasteiger partial charge in [0.15, 0.2) is 12.4 Å². The van der Waals surface area contributed by atoms with Crippen molar-refractivity contribution >= 4 is 23.5 Å². The Balaban J connectivity index is 1.53. The average Bonchev–Trinajstić information content (AvgIpc) is 3.02. The predicted octanol–water partition coefficient (Wildman–Crippen LogP) is 2.20. The van der Waals surface area contributed by atoms with Gasteiger partial charge in [0.1, 0.15) is 5.60 Å². The Labute approximate surface area is 193 Å². The van der Waals surface area contributed by atoms with Crippen LogP contribution in [0.1, 0.15) is 71.6 Å². The number of Topliss-reactive ketones (excluding diaryl/α,β-unsaturated/α-hetero) is 1. The van der Waals surface area contributed by atoms with Gasteiger partial charge in [0.2, 0.25) is 5.78 Å². The number of carbonyl (C=O) groups is 4. The summed E-state index contributed by atoms with van der Waals surface area (Å²) in [6.45, 7) is 3.41. The lowest BCUT2D eigenvalue weighted by Gasteiger charge is -2.60. The molecule has 8 heteroatoms. The third-order valence-electron chi connectivity index (χ3n) is 9.42. The van der Waals surface area contributed by atoms with Crippen molar-refractivity contribution in [3.8, 4) is 0 Å². The summed E-state index contributed by atoms with van der Waals surface area (Å²) >= 11 is 0. The number of rotatable bonds is 6. The van der Waals surface area contributed by atoms with Crippen LogP contribution in [0.3, 0.4) is 0 Å². The van der Waals surface area contributed by atoms with Crippen LogP contribution in [0.2, 0.25) is 0 Å². The van der Waals surface area contributed by atoms with Crippen LogP contribution in [0.25, 0.3) is 0 Å². The summed E-state index contributed by atoms with van der Waals surface area (Å²) < 4.78 is 4.97. The summed E-state index contributed by atoms with van der Waals surface area (Å²) in [5.74, 6) is -2.20. The van der Waals surface area contributed by atoms with Crippen molar-refractivity contribution in [2.45, 2.75) is 83.3 Å². The predicted molar refractivity (Wildman–Crippen MR) is 116 cm³/mol. The second-order valence-corrected chi connectivity index (χ2v) is 11.0. The molecule has 33 heavy (non-hydrogen) atoms. The van der Waals surface area contributed by atoms with Crippen molar-refractivity contribution in [3.05, 3.63) is 11.6 Å². The van der Waals surface area contributed by atoms with Gasteiger partial charge in [-0.25, -0.2) is 0 Å². The van der Waals surface area contributed by atoms with Crippen molar-refractivity contribution in [3.63, 3.8) is 0 Å². The second kappa shape index (κ2) is 8.31. The van der Waals surface area contributed by atoms with Crippen molar-refractivity contribution in [1.82, 2.24) is 0 Å². The molecule has 8 nitrogen and oxygen atoms in total. The Morgan fingerprint density at radius 1 is 1.12 bits per heavy atom. The molecule has 3 saturated carbocycles. The molecule has 7 atom stereocenters. The Hall–Kier alpha value is -2.06. The fourth-order valence-electron chi connectivity index (χ4n) is 7.70. The molecule has 0 heterocycles. The largest absolute Gasteiger partial charge is 0.481 e. The fourth-order valence-corrected chi connectivity index (χ4v) is 7.70. The first-order valence-corrected chi connectivity index (χ1v) is 12.0. The summed E-state index contributed by atoms with van der Waals surface area (Å²) in [5.41, 5.74) is -1.68. The molecule has 4 aliphatic carbocycles. The molecule has 0 amide bonds. The molecule has 0 aromatic heterocycles. The fraction of sp³-hybridized carbons (Fsp3) is 0.760. The molecule has 4 aliphatic rings. The van der Waals surface area contributed by atoms with E-state index in [1.54, 1.807) is 6.08 Å². The van der Waals surface area contributed by atoms with Crippen LogP contribution in [0.15, 0.2) is 11.6 Å². The van der Waals surface area contributed by atoms with E-state index in [1.165, 1.54) is 0 Å². The molecule has 3 fully saturated rings. The van der Waals surface area contributed by atoms with Crippen molar-refractivity contribution in [2.75, 3.05) is 6.61 Å². The lowest BCUT2D eigenvalue weighted by atomic mass is 9.45. The van der Waals surface area contributed by atoms with E-state index < -0.39 is 41.4 Å². The highest BCUT2D eigenvalue weighted by molar-refractivity contribution is 5.92. The topological polar surface area (TPSA) is 138 Å². The van der Waals surface area contributed by atoms with Crippen LogP contribution in [0, 0.1) is 28.6 Å².